The molecule has 1 N–H and O–H groups in total. The van der Waals surface area contributed by atoms with Gasteiger partial charge in [0.25, 0.3) is 0 Å². The molecule has 0 aliphatic heterocycles. The van der Waals surface area contributed by atoms with Crippen LogP contribution in [0.4, 0.5) is 0 Å². The van der Waals surface area contributed by atoms with Gasteiger partial charge in [0, 0.05) is 55.3 Å². The zero-order valence-electron chi connectivity index (χ0n) is 14.6. The Hall–Kier alpha value is -2.96. The normalized spacial score (nSPS) is 10.8. The first kappa shape index (κ1) is 16.9. The van der Waals surface area contributed by atoms with Gasteiger partial charge < -0.3 is 9.84 Å². The lowest BCUT2D eigenvalue weighted by Crippen LogP contribution is -2.23. The van der Waals surface area contributed by atoms with E-state index < -0.39 is 0 Å². The molecule has 0 saturated heterocycles. The van der Waals surface area contributed by atoms with Crippen molar-refractivity contribution < 1.29 is 9.32 Å². The van der Waals surface area contributed by atoms with E-state index in [0.29, 0.717) is 19.4 Å². The Bertz CT molecular complexity index is 862. The molecule has 0 saturated carbocycles. The number of nitrogens with one attached hydrogen (secondary N) is 1. The molecule has 0 spiro atoms. The molecule has 3 heterocycles. The molecular weight excluding hydrogens is 318 g/mol. The van der Waals surface area contributed by atoms with Crippen LogP contribution in [0.3, 0.4) is 0 Å². The number of carbonyl (C=O) groups is 1. The SMILES string of the molecule is Cc1noc(C)c1CCC(=O)NCc1cncc(-c2cnn(C)c2)c1. The Morgan fingerprint density at radius 2 is 2.08 bits per heavy atom. The van der Waals surface area contributed by atoms with Crippen LogP contribution in [-0.2, 0) is 24.8 Å². The fourth-order valence-corrected chi connectivity index (χ4v) is 2.70. The van der Waals surface area contributed by atoms with Crippen LogP contribution in [0.25, 0.3) is 11.1 Å². The van der Waals surface area contributed by atoms with Gasteiger partial charge in [-0.15, -0.1) is 0 Å². The summed E-state index contributed by atoms with van der Waals surface area (Å²) in [6.45, 7) is 4.20. The Morgan fingerprint density at radius 3 is 2.76 bits per heavy atom. The molecule has 130 valence electrons. The number of rotatable bonds is 6. The minimum Gasteiger partial charge on any atom is -0.361 e. The van der Waals surface area contributed by atoms with Crippen molar-refractivity contribution in [2.75, 3.05) is 0 Å². The molecule has 3 rings (SSSR count). The van der Waals surface area contributed by atoms with Gasteiger partial charge >= 0.3 is 0 Å². The van der Waals surface area contributed by atoms with Crippen molar-refractivity contribution in [1.29, 1.82) is 0 Å². The lowest BCUT2D eigenvalue weighted by Gasteiger charge is -2.06. The number of pyridine rings is 1. The molecule has 0 radical (unpaired) electrons. The highest BCUT2D eigenvalue weighted by Crippen LogP contribution is 2.18. The van der Waals surface area contributed by atoms with Crippen LogP contribution in [0.2, 0.25) is 0 Å². The Labute approximate surface area is 146 Å². The monoisotopic (exact) mass is 339 g/mol. The van der Waals surface area contributed by atoms with Crippen LogP contribution in [0.15, 0.2) is 35.4 Å². The summed E-state index contributed by atoms with van der Waals surface area (Å²) < 4.78 is 6.87. The van der Waals surface area contributed by atoms with Crippen molar-refractivity contribution in [1.82, 2.24) is 25.2 Å². The van der Waals surface area contributed by atoms with Crippen molar-refractivity contribution >= 4 is 5.91 Å². The van der Waals surface area contributed by atoms with E-state index in [0.717, 1.165) is 33.7 Å². The van der Waals surface area contributed by atoms with Crippen molar-refractivity contribution in [3.63, 3.8) is 0 Å². The van der Waals surface area contributed by atoms with E-state index in [1.54, 1.807) is 23.3 Å². The molecule has 0 atom stereocenters. The standard InChI is InChI=1S/C18H21N5O2/c1-12-17(13(2)25-22-12)4-5-18(24)20-8-14-6-15(9-19-7-14)16-10-21-23(3)11-16/h6-7,9-11H,4-5,8H2,1-3H3,(H,20,24). The first-order valence-corrected chi connectivity index (χ1v) is 8.14. The summed E-state index contributed by atoms with van der Waals surface area (Å²) in [7, 11) is 1.87. The van der Waals surface area contributed by atoms with Gasteiger partial charge in [-0.1, -0.05) is 5.16 Å². The van der Waals surface area contributed by atoms with E-state index in [2.05, 4.69) is 20.6 Å². The Morgan fingerprint density at radius 1 is 1.24 bits per heavy atom. The summed E-state index contributed by atoms with van der Waals surface area (Å²) >= 11 is 0. The zero-order valence-corrected chi connectivity index (χ0v) is 14.6. The average molecular weight is 339 g/mol. The van der Waals surface area contributed by atoms with E-state index in [1.807, 2.05) is 33.2 Å². The van der Waals surface area contributed by atoms with Crippen LogP contribution in [-0.4, -0.2) is 25.8 Å². The largest absolute Gasteiger partial charge is 0.361 e. The molecule has 0 bridgehead atoms. The van der Waals surface area contributed by atoms with Gasteiger partial charge in [-0.25, -0.2) is 0 Å². The quantitative estimate of drug-likeness (QED) is 0.745. The first-order valence-electron chi connectivity index (χ1n) is 8.14. The summed E-state index contributed by atoms with van der Waals surface area (Å²) in [5.74, 6) is 0.769. The van der Waals surface area contributed by atoms with Crippen LogP contribution in [0.5, 0.6) is 0 Å². The maximum Gasteiger partial charge on any atom is 0.220 e. The predicted molar refractivity (Wildman–Crippen MR) is 92.6 cm³/mol. The lowest BCUT2D eigenvalue weighted by molar-refractivity contribution is -0.121. The molecule has 3 aromatic heterocycles. The van der Waals surface area contributed by atoms with Crippen LogP contribution < -0.4 is 5.32 Å². The summed E-state index contributed by atoms with van der Waals surface area (Å²) in [5.41, 5.74) is 4.79. The molecule has 7 heteroatoms. The highest BCUT2D eigenvalue weighted by atomic mass is 16.5. The highest BCUT2D eigenvalue weighted by Gasteiger charge is 2.11. The molecule has 25 heavy (non-hydrogen) atoms. The van der Waals surface area contributed by atoms with Gasteiger partial charge in [0.2, 0.25) is 5.91 Å². The Balaban J connectivity index is 1.55. The van der Waals surface area contributed by atoms with Gasteiger partial charge in [0.15, 0.2) is 0 Å². The second-order valence-electron chi connectivity index (χ2n) is 6.06. The van der Waals surface area contributed by atoms with Crippen molar-refractivity contribution in [2.24, 2.45) is 7.05 Å². The first-order chi connectivity index (χ1) is 12.0. The molecule has 0 unspecified atom stereocenters. The summed E-state index contributed by atoms with van der Waals surface area (Å²) in [6.07, 6.45) is 8.31. The predicted octanol–water partition coefficient (Wildman–Crippen LogP) is 2.34. The molecule has 3 aromatic rings. The molecule has 0 aromatic carbocycles. The van der Waals surface area contributed by atoms with Crippen molar-refractivity contribution in [3.8, 4) is 11.1 Å². The Kier molecular flexibility index (Phi) is 4.92. The fourth-order valence-electron chi connectivity index (χ4n) is 2.70. The molecule has 0 aliphatic rings. The van der Waals surface area contributed by atoms with Crippen molar-refractivity contribution in [3.05, 3.63) is 53.4 Å². The van der Waals surface area contributed by atoms with Crippen LogP contribution in [0, 0.1) is 13.8 Å². The van der Waals surface area contributed by atoms with E-state index in [-0.39, 0.29) is 5.91 Å². The number of nitrogens with zero attached hydrogens (tertiary/aromatic N) is 4. The second-order valence-corrected chi connectivity index (χ2v) is 6.06. The van der Waals surface area contributed by atoms with Crippen molar-refractivity contribution in [2.45, 2.75) is 33.2 Å². The molecule has 0 fully saturated rings. The van der Waals surface area contributed by atoms with Gasteiger partial charge in [-0.3, -0.25) is 14.5 Å². The summed E-state index contributed by atoms with van der Waals surface area (Å²) in [5, 5.41) is 11.0. The number of hydrogen-bond acceptors (Lipinski definition) is 5. The molecule has 0 aliphatic carbocycles. The zero-order chi connectivity index (χ0) is 17.8. The number of hydrogen-bond donors (Lipinski definition) is 1. The molecular formula is C18H21N5O2. The minimum absolute atomic E-state index is 0.00761. The molecule has 7 nitrogen and oxygen atoms in total. The average Bonchev–Trinajstić information content (AvgIpc) is 3.17. The third-order valence-electron chi connectivity index (χ3n) is 4.11. The maximum atomic E-state index is 12.1. The van der Waals surface area contributed by atoms with E-state index in [4.69, 9.17) is 4.52 Å². The van der Waals surface area contributed by atoms with Crippen LogP contribution >= 0.6 is 0 Å². The number of aromatic nitrogens is 4. The third-order valence-corrected chi connectivity index (χ3v) is 4.11. The number of aryl methyl sites for hydroxylation is 3. The van der Waals surface area contributed by atoms with Gasteiger partial charge in [-0.05, 0) is 31.9 Å². The van der Waals surface area contributed by atoms with E-state index in [1.165, 1.54) is 0 Å². The summed E-state index contributed by atoms with van der Waals surface area (Å²) in [6, 6.07) is 2.01. The smallest absolute Gasteiger partial charge is 0.220 e. The number of carbonyl (C=O) groups excluding carboxylic acids is 1. The van der Waals surface area contributed by atoms with E-state index >= 15 is 0 Å². The fraction of sp³-hybridized carbons (Fsp3) is 0.333. The number of amides is 1. The van der Waals surface area contributed by atoms with E-state index in [9.17, 15) is 4.79 Å². The molecule has 1 amide bonds. The second kappa shape index (κ2) is 7.29. The summed E-state index contributed by atoms with van der Waals surface area (Å²) in [4.78, 5) is 16.3. The highest BCUT2D eigenvalue weighted by molar-refractivity contribution is 5.76. The van der Waals surface area contributed by atoms with Gasteiger partial charge in [0.05, 0.1) is 11.9 Å². The minimum atomic E-state index is -0.00761. The lowest BCUT2D eigenvalue weighted by atomic mass is 10.1. The van der Waals surface area contributed by atoms with Crippen LogP contribution in [0.1, 0.15) is 29.0 Å². The third kappa shape index (κ3) is 4.12. The topological polar surface area (TPSA) is 85.8 Å². The van der Waals surface area contributed by atoms with Gasteiger partial charge in [0.1, 0.15) is 5.76 Å². The van der Waals surface area contributed by atoms with Gasteiger partial charge in [-0.2, -0.15) is 5.10 Å². The maximum absolute atomic E-state index is 12.1.